The number of rotatable bonds is 7. The zero-order chi connectivity index (χ0) is 16.7. The van der Waals surface area contributed by atoms with Crippen LogP contribution in [0.5, 0.6) is 0 Å². The summed E-state index contributed by atoms with van der Waals surface area (Å²) in [6.07, 6.45) is 6.50. The molecule has 5 nitrogen and oxygen atoms in total. The van der Waals surface area contributed by atoms with Gasteiger partial charge in [0.15, 0.2) is 0 Å². The number of hydrogen-bond acceptors (Lipinski definition) is 4. The Labute approximate surface area is 139 Å². The highest BCUT2D eigenvalue weighted by molar-refractivity contribution is 5.94. The molecule has 0 aliphatic carbocycles. The highest BCUT2D eigenvalue weighted by Gasteiger charge is 2.18. The molecule has 1 aliphatic heterocycles. The lowest BCUT2D eigenvalue weighted by atomic mass is 10.0. The third-order valence-corrected chi connectivity index (χ3v) is 4.40. The van der Waals surface area contributed by atoms with E-state index in [1.165, 1.54) is 25.8 Å². The number of hydrogen-bond donors (Lipinski definition) is 2. The van der Waals surface area contributed by atoms with Gasteiger partial charge in [0.05, 0.1) is 5.56 Å². The fourth-order valence-corrected chi connectivity index (χ4v) is 2.90. The predicted octanol–water partition coefficient (Wildman–Crippen LogP) is 2.75. The number of nitrogens with one attached hydrogen (secondary N) is 2. The first-order valence-electron chi connectivity index (χ1n) is 8.74. The second-order valence-corrected chi connectivity index (χ2v) is 6.88. The van der Waals surface area contributed by atoms with Gasteiger partial charge in [-0.2, -0.15) is 0 Å². The van der Waals surface area contributed by atoms with E-state index in [0.29, 0.717) is 17.5 Å². The van der Waals surface area contributed by atoms with Crippen LogP contribution in [-0.2, 0) is 0 Å². The number of carbonyl (C=O) groups excluding carboxylic acids is 1. The molecule has 1 atom stereocenters. The molecule has 0 aromatic carbocycles. The van der Waals surface area contributed by atoms with Crippen LogP contribution >= 0.6 is 0 Å². The van der Waals surface area contributed by atoms with Crippen molar-refractivity contribution < 1.29 is 4.79 Å². The van der Waals surface area contributed by atoms with E-state index in [-0.39, 0.29) is 5.91 Å². The molecular weight excluding hydrogens is 288 g/mol. The van der Waals surface area contributed by atoms with Crippen molar-refractivity contribution in [3.63, 3.8) is 0 Å². The molecule has 23 heavy (non-hydrogen) atoms. The molecule has 128 valence electrons. The lowest BCUT2D eigenvalue weighted by Gasteiger charge is -2.32. The molecule has 1 saturated heterocycles. The zero-order valence-corrected chi connectivity index (χ0v) is 14.6. The maximum atomic E-state index is 12.2. The van der Waals surface area contributed by atoms with Gasteiger partial charge in [-0.15, -0.1) is 0 Å². The predicted molar refractivity (Wildman–Crippen MR) is 94.8 cm³/mol. The standard InChI is InChI=1S/C18H30N4O/c1-14(2)12-20-17-8-7-15(13-21-17)18(23)19-10-9-16-6-4-5-11-22(16)3/h7-8,13-14,16H,4-6,9-12H2,1-3H3,(H,19,23)(H,20,21). The van der Waals surface area contributed by atoms with Crippen molar-refractivity contribution in [2.24, 2.45) is 5.92 Å². The maximum absolute atomic E-state index is 12.2. The molecule has 0 saturated carbocycles. The highest BCUT2D eigenvalue weighted by Crippen LogP contribution is 2.17. The van der Waals surface area contributed by atoms with Gasteiger partial charge >= 0.3 is 0 Å². The molecule has 1 amide bonds. The van der Waals surface area contributed by atoms with Crippen molar-refractivity contribution in [2.45, 2.75) is 45.6 Å². The van der Waals surface area contributed by atoms with Gasteiger partial charge in [-0.25, -0.2) is 4.98 Å². The summed E-state index contributed by atoms with van der Waals surface area (Å²) < 4.78 is 0. The van der Waals surface area contributed by atoms with Crippen molar-refractivity contribution in [1.82, 2.24) is 15.2 Å². The van der Waals surface area contributed by atoms with Crippen molar-refractivity contribution in [3.05, 3.63) is 23.9 Å². The Morgan fingerprint density at radius 3 is 2.87 bits per heavy atom. The summed E-state index contributed by atoms with van der Waals surface area (Å²) in [6, 6.07) is 4.30. The van der Waals surface area contributed by atoms with Crippen LogP contribution in [-0.4, -0.2) is 48.5 Å². The van der Waals surface area contributed by atoms with Gasteiger partial charge in [-0.3, -0.25) is 4.79 Å². The van der Waals surface area contributed by atoms with Gasteiger partial charge in [0, 0.05) is 25.3 Å². The number of amides is 1. The van der Waals surface area contributed by atoms with Crippen LogP contribution in [0.15, 0.2) is 18.3 Å². The molecule has 1 aromatic heterocycles. The summed E-state index contributed by atoms with van der Waals surface area (Å²) in [5.74, 6) is 1.35. The molecule has 1 unspecified atom stereocenters. The van der Waals surface area contributed by atoms with Gasteiger partial charge < -0.3 is 15.5 Å². The van der Waals surface area contributed by atoms with Crippen LogP contribution in [0.1, 0.15) is 49.9 Å². The van der Waals surface area contributed by atoms with Crippen LogP contribution in [0.25, 0.3) is 0 Å². The largest absolute Gasteiger partial charge is 0.370 e. The number of piperidine rings is 1. The van der Waals surface area contributed by atoms with Gasteiger partial charge in [0.1, 0.15) is 5.82 Å². The topological polar surface area (TPSA) is 57.3 Å². The van der Waals surface area contributed by atoms with Crippen molar-refractivity contribution in [2.75, 3.05) is 32.0 Å². The number of pyridine rings is 1. The summed E-state index contributed by atoms with van der Waals surface area (Å²) in [4.78, 5) is 18.9. The van der Waals surface area contributed by atoms with Crippen LogP contribution < -0.4 is 10.6 Å². The van der Waals surface area contributed by atoms with E-state index < -0.39 is 0 Å². The van der Waals surface area contributed by atoms with Gasteiger partial charge in [0.25, 0.3) is 5.91 Å². The zero-order valence-electron chi connectivity index (χ0n) is 14.6. The average Bonchev–Trinajstić information content (AvgIpc) is 2.55. The van der Waals surface area contributed by atoms with Crippen LogP contribution in [0.4, 0.5) is 5.82 Å². The van der Waals surface area contributed by atoms with E-state index in [0.717, 1.165) is 25.3 Å². The minimum atomic E-state index is -0.0358. The number of nitrogens with zero attached hydrogens (tertiary/aromatic N) is 2. The molecule has 0 bridgehead atoms. The summed E-state index contributed by atoms with van der Waals surface area (Å²) in [5.41, 5.74) is 0.622. The van der Waals surface area contributed by atoms with Crippen molar-refractivity contribution in [1.29, 1.82) is 0 Å². The third-order valence-electron chi connectivity index (χ3n) is 4.40. The number of carbonyl (C=O) groups is 1. The molecule has 1 fully saturated rings. The smallest absolute Gasteiger partial charge is 0.252 e. The van der Waals surface area contributed by atoms with E-state index in [4.69, 9.17) is 0 Å². The van der Waals surface area contributed by atoms with Gasteiger partial charge in [0.2, 0.25) is 0 Å². The minimum absolute atomic E-state index is 0.0358. The minimum Gasteiger partial charge on any atom is -0.370 e. The quantitative estimate of drug-likeness (QED) is 0.811. The molecular formula is C18H30N4O. The average molecular weight is 318 g/mol. The Bertz CT molecular complexity index is 486. The number of anilines is 1. The third kappa shape index (κ3) is 5.82. The molecule has 2 N–H and O–H groups in total. The summed E-state index contributed by atoms with van der Waals surface area (Å²) in [7, 11) is 2.18. The second kappa shape index (κ2) is 8.87. The van der Waals surface area contributed by atoms with Crippen molar-refractivity contribution >= 4 is 11.7 Å². The monoisotopic (exact) mass is 318 g/mol. The molecule has 1 aromatic rings. The molecule has 2 heterocycles. The fourth-order valence-electron chi connectivity index (χ4n) is 2.90. The van der Waals surface area contributed by atoms with E-state index in [2.05, 4.69) is 41.4 Å². The van der Waals surface area contributed by atoms with E-state index >= 15 is 0 Å². The Kier molecular flexibility index (Phi) is 6.84. The number of likely N-dealkylation sites (tertiary alicyclic amines) is 1. The lowest BCUT2D eigenvalue weighted by molar-refractivity contribution is 0.0945. The van der Waals surface area contributed by atoms with Crippen molar-refractivity contribution in [3.8, 4) is 0 Å². The Balaban J connectivity index is 1.74. The van der Waals surface area contributed by atoms with Gasteiger partial charge in [-0.1, -0.05) is 20.3 Å². The summed E-state index contributed by atoms with van der Waals surface area (Å²) in [5, 5.41) is 6.26. The van der Waals surface area contributed by atoms with Crippen LogP contribution in [0.2, 0.25) is 0 Å². The van der Waals surface area contributed by atoms with Gasteiger partial charge in [-0.05, 0) is 50.9 Å². The summed E-state index contributed by atoms with van der Waals surface area (Å²) >= 11 is 0. The van der Waals surface area contributed by atoms with E-state index in [1.807, 2.05) is 12.1 Å². The Morgan fingerprint density at radius 1 is 1.39 bits per heavy atom. The first kappa shape index (κ1) is 17.7. The summed E-state index contributed by atoms with van der Waals surface area (Å²) in [6.45, 7) is 7.08. The molecule has 1 aliphatic rings. The molecule has 0 radical (unpaired) electrons. The SMILES string of the molecule is CC(C)CNc1ccc(C(=O)NCCC2CCCCN2C)cn1. The Morgan fingerprint density at radius 2 is 2.22 bits per heavy atom. The second-order valence-electron chi connectivity index (χ2n) is 6.88. The highest BCUT2D eigenvalue weighted by atomic mass is 16.1. The normalized spacial score (nSPS) is 18.9. The van der Waals surface area contributed by atoms with E-state index in [1.54, 1.807) is 6.20 Å². The first-order valence-corrected chi connectivity index (χ1v) is 8.74. The lowest BCUT2D eigenvalue weighted by Crippen LogP contribution is -2.39. The number of aromatic nitrogens is 1. The first-order chi connectivity index (χ1) is 11.1. The van der Waals surface area contributed by atoms with Crippen LogP contribution in [0.3, 0.4) is 0 Å². The maximum Gasteiger partial charge on any atom is 0.252 e. The Hall–Kier alpha value is -1.62. The van der Waals surface area contributed by atoms with E-state index in [9.17, 15) is 4.79 Å². The molecule has 2 rings (SSSR count). The fraction of sp³-hybridized carbons (Fsp3) is 0.667. The molecule has 5 heteroatoms. The van der Waals surface area contributed by atoms with Crippen LogP contribution in [0, 0.1) is 5.92 Å². The molecule has 0 spiro atoms.